The van der Waals surface area contributed by atoms with E-state index in [1.807, 2.05) is 32.0 Å². The van der Waals surface area contributed by atoms with E-state index in [0.29, 0.717) is 18.7 Å². The highest BCUT2D eigenvalue weighted by atomic mass is 32.2. The van der Waals surface area contributed by atoms with Gasteiger partial charge in [0.25, 0.3) is 0 Å². The van der Waals surface area contributed by atoms with Gasteiger partial charge in [0.1, 0.15) is 0 Å². The van der Waals surface area contributed by atoms with E-state index in [1.54, 1.807) is 6.07 Å². The Morgan fingerprint density at radius 3 is 2.50 bits per heavy atom. The van der Waals surface area contributed by atoms with Crippen LogP contribution in [0.15, 0.2) is 24.3 Å². The Balaban J connectivity index is 2.77. The quantitative estimate of drug-likeness (QED) is 0.757. The van der Waals surface area contributed by atoms with Crippen molar-refractivity contribution in [1.29, 1.82) is 0 Å². The van der Waals surface area contributed by atoms with E-state index in [9.17, 15) is 13.2 Å². The number of anilines is 1. The number of rotatable bonds is 9. The van der Waals surface area contributed by atoms with E-state index in [1.165, 1.54) is 10.6 Å². The average molecular weight is 326 g/mol. The number of hydrogen-bond acceptors (Lipinski definition) is 3. The molecular weight excluding hydrogens is 300 g/mol. The van der Waals surface area contributed by atoms with Gasteiger partial charge in [0.15, 0.2) is 0 Å². The predicted molar refractivity (Wildman–Crippen MR) is 90.5 cm³/mol. The highest BCUT2D eigenvalue weighted by Crippen LogP contribution is 2.22. The van der Waals surface area contributed by atoms with Gasteiger partial charge in [-0.1, -0.05) is 38.5 Å². The number of nitrogens with zero attached hydrogens (tertiary/aromatic N) is 1. The molecule has 0 spiro atoms. The van der Waals surface area contributed by atoms with Crippen LogP contribution in [0.25, 0.3) is 0 Å². The Hall–Kier alpha value is -1.56. The van der Waals surface area contributed by atoms with Gasteiger partial charge >= 0.3 is 0 Å². The van der Waals surface area contributed by atoms with Gasteiger partial charge in [-0.25, -0.2) is 8.42 Å². The minimum atomic E-state index is -3.38. The number of aryl methyl sites for hydroxylation is 1. The van der Waals surface area contributed by atoms with Crippen molar-refractivity contribution in [3.8, 4) is 0 Å². The minimum absolute atomic E-state index is 0.0286. The Labute approximate surface area is 133 Å². The van der Waals surface area contributed by atoms with Crippen molar-refractivity contribution in [1.82, 2.24) is 5.32 Å². The molecule has 0 aromatic heterocycles. The Kier molecular flexibility index (Phi) is 7.38. The number of carbonyl (C=O) groups excluding carboxylic acids is 1. The molecular formula is C16H26N2O3S. The summed E-state index contributed by atoms with van der Waals surface area (Å²) in [5.41, 5.74) is 1.67. The van der Waals surface area contributed by atoms with Gasteiger partial charge < -0.3 is 5.32 Å². The van der Waals surface area contributed by atoms with Crippen molar-refractivity contribution in [3.05, 3.63) is 29.8 Å². The smallest absolute Gasteiger partial charge is 0.232 e. The van der Waals surface area contributed by atoms with Crippen LogP contribution in [0, 0.1) is 0 Å². The van der Waals surface area contributed by atoms with Crippen molar-refractivity contribution in [2.45, 2.75) is 39.5 Å². The predicted octanol–water partition coefficient (Wildman–Crippen LogP) is 2.32. The third-order valence-corrected chi connectivity index (χ3v) is 4.62. The van der Waals surface area contributed by atoms with Crippen LogP contribution in [0.1, 0.15) is 38.7 Å². The summed E-state index contributed by atoms with van der Waals surface area (Å²) in [4.78, 5) is 11.6. The van der Waals surface area contributed by atoms with E-state index in [2.05, 4.69) is 5.32 Å². The van der Waals surface area contributed by atoms with Gasteiger partial charge in [-0.15, -0.1) is 0 Å². The van der Waals surface area contributed by atoms with Crippen molar-refractivity contribution < 1.29 is 13.2 Å². The minimum Gasteiger partial charge on any atom is -0.354 e. The van der Waals surface area contributed by atoms with Crippen LogP contribution in [0.5, 0.6) is 0 Å². The van der Waals surface area contributed by atoms with E-state index in [0.717, 1.165) is 24.8 Å². The van der Waals surface area contributed by atoms with Crippen LogP contribution in [0.4, 0.5) is 5.69 Å². The van der Waals surface area contributed by atoms with E-state index >= 15 is 0 Å². The lowest BCUT2D eigenvalue weighted by Crippen LogP contribution is -2.38. The summed E-state index contributed by atoms with van der Waals surface area (Å²) in [6.07, 6.45) is 4.25. The monoisotopic (exact) mass is 326 g/mol. The van der Waals surface area contributed by atoms with Gasteiger partial charge in [0.05, 0.1) is 18.5 Å². The summed E-state index contributed by atoms with van der Waals surface area (Å²) in [6, 6.07) is 7.45. The molecule has 0 saturated heterocycles. The molecule has 0 unspecified atom stereocenters. The summed E-state index contributed by atoms with van der Waals surface area (Å²) >= 11 is 0. The first kappa shape index (κ1) is 18.5. The average Bonchev–Trinajstić information content (AvgIpc) is 2.48. The summed E-state index contributed by atoms with van der Waals surface area (Å²) in [5.74, 6) is -0.0286. The first-order valence-corrected chi connectivity index (χ1v) is 9.57. The zero-order chi connectivity index (χ0) is 16.6. The van der Waals surface area contributed by atoms with E-state index < -0.39 is 10.0 Å². The number of unbranched alkanes of at least 4 members (excludes halogenated alkanes) is 1. The van der Waals surface area contributed by atoms with Crippen molar-refractivity contribution in [2.24, 2.45) is 0 Å². The van der Waals surface area contributed by atoms with Gasteiger partial charge in [0, 0.05) is 13.0 Å². The second-order valence-corrected chi connectivity index (χ2v) is 7.18. The molecule has 5 nitrogen and oxygen atoms in total. The Morgan fingerprint density at radius 2 is 1.91 bits per heavy atom. The number of carbonyl (C=O) groups is 1. The zero-order valence-electron chi connectivity index (χ0n) is 13.6. The summed E-state index contributed by atoms with van der Waals surface area (Å²) < 4.78 is 25.5. The molecule has 0 fully saturated rings. The maximum absolute atomic E-state index is 12.1. The van der Waals surface area contributed by atoms with Gasteiger partial charge in [-0.05, 0) is 24.5 Å². The van der Waals surface area contributed by atoms with E-state index in [-0.39, 0.29) is 12.5 Å². The largest absolute Gasteiger partial charge is 0.354 e. The molecule has 1 aromatic rings. The molecule has 0 saturated carbocycles. The van der Waals surface area contributed by atoms with Crippen LogP contribution in [-0.4, -0.2) is 33.7 Å². The Morgan fingerprint density at radius 1 is 1.23 bits per heavy atom. The normalized spacial score (nSPS) is 11.2. The van der Waals surface area contributed by atoms with Crippen molar-refractivity contribution in [3.63, 3.8) is 0 Å². The maximum atomic E-state index is 12.1. The van der Waals surface area contributed by atoms with Crippen molar-refractivity contribution >= 4 is 21.6 Å². The lowest BCUT2D eigenvalue weighted by Gasteiger charge is -2.24. The van der Waals surface area contributed by atoms with Crippen LogP contribution in [0.3, 0.4) is 0 Å². The molecule has 0 bridgehead atoms. The standard InChI is InChI=1S/C16H26N2O3S/c1-4-6-11-16(19)17-12-13-18(22(3,20)21)15-10-8-7-9-14(15)5-2/h7-10H,4-6,11-13H2,1-3H3,(H,17,19). The molecule has 1 rings (SSSR count). The van der Waals surface area contributed by atoms with E-state index in [4.69, 9.17) is 0 Å². The topological polar surface area (TPSA) is 66.5 Å². The number of hydrogen-bond donors (Lipinski definition) is 1. The molecule has 0 atom stereocenters. The molecule has 1 aromatic carbocycles. The lowest BCUT2D eigenvalue weighted by molar-refractivity contribution is -0.121. The second kappa shape index (κ2) is 8.78. The highest BCUT2D eigenvalue weighted by Gasteiger charge is 2.19. The fourth-order valence-corrected chi connectivity index (χ4v) is 3.20. The first-order valence-electron chi connectivity index (χ1n) is 7.72. The molecule has 0 heterocycles. The number of nitrogens with one attached hydrogen (secondary N) is 1. The molecule has 124 valence electrons. The molecule has 0 aliphatic heterocycles. The number of benzene rings is 1. The fourth-order valence-electron chi connectivity index (χ4n) is 2.24. The molecule has 1 N–H and O–H groups in total. The highest BCUT2D eigenvalue weighted by molar-refractivity contribution is 7.92. The lowest BCUT2D eigenvalue weighted by atomic mass is 10.1. The number of sulfonamides is 1. The van der Waals surface area contributed by atoms with Crippen molar-refractivity contribution in [2.75, 3.05) is 23.7 Å². The number of amides is 1. The fraction of sp³-hybridized carbons (Fsp3) is 0.562. The van der Waals surface area contributed by atoms with Crippen LogP contribution >= 0.6 is 0 Å². The second-order valence-electron chi connectivity index (χ2n) is 5.27. The number of para-hydroxylation sites is 1. The molecule has 6 heteroatoms. The molecule has 0 radical (unpaired) electrons. The van der Waals surface area contributed by atoms with Crippen LogP contribution in [-0.2, 0) is 21.2 Å². The van der Waals surface area contributed by atoms with Gasteiger partial charge in [-0.2, -0.15) is 0 Å². The Bertz CT molecular complexity index is 585. The van der Waals surface area contributed by atoms with Crippen LogP contribution < -0.4 is 9.62 Å². The summed E-state index contributed by atoms with van der Waals surface area (Å²) in [6.45, 7) is 4.58. The molecule has 0 aliphatic rings. The zero-order valence-corrected chi connectivity index (χ0v) is 14.4. The molecule has 1 amide bonds. The summed E-state index contributed by atoms with van der Waals surface area (Å²) in [5, 5.41) is 2.78. The first-order chi connectivity index (χ1) is 10.4. The van der Waals surface area contributed by atoms with Gasteiger partial charge in [-0.3, -0.25) is 9.10 Å². The molecule has 22 heavy (non-hydrogen) atoms. The third-order valence-electron chi connectivity index (χ3n) is 3.44. The maximum Gasteiger partial charge on any atom is 0.232 e. The third kappa shape index (κ3) is 5.67. The summed E-state index contributed by atoms with van der Waals surface area (Å²) in [7, 11) is -3.38. The van der Waals surface area contributed by atoms with Crippen LogP contribution in [0.2, 0.25) is 0 Å². The van der Waals surface area contributed by atoms with Gasteiger partial charge in [0.2, 0.25) is 15.9 Å². The SMILES string of the molecule is CCCCC(=O)NCCN(c1ccccc1CC)S(C)(=O)=O. The molecule has 0 aliphatic carbocycles.